The number of aryl methyl sites for hydroxylation is 1. The van der Waals surface area contributed by atoms with E-state index in [1.54, 1.807) is 12.1 Å². The molecule has 1 rings (SSSR count). The smallest absolute Gasteiger partial charge is 0.165 e. The lowest BCUT2D eigenvalue weighted by atomic mass is 10.2. The molecular formula is C13H20FNO2. The summed E-state index contributed by atoms with van der Waals surface area (Å²) in [6, 6.07) is 4.85. The number of ether oxygens (including phenoxy) is 2. The second-order valence-corrected chi connectivity index (χ2v) is 3.73. The Kier molecular flexibility index (Phi) is 6.58. The van der Waals surface area contributed by atoms with Gasteiger partial charge in [-0.3, -0.25) is 0 Å². The van der Waals surface area contributed by atoms with Gasteiger partial charge in [0.05, 0.1) is 6.61 Å². The summed E-state index contributed by atoms with van der Waals surface area (Å²) in [5.41, 5.74) is 0.991. The van der Waals surface area contributed by atoms with Crippen LogP contribution in [0.3, 0.4) is 0 Å². The van der Waals surface area contributed by atoms with Gasteiger partial charge in [-0.25, -0.2) is 4.39 Å². The van der Waals surface area contributed by atoms with Crippen LogP contribution in [-0.2, 0) is 4.74 Å². The number of halogens is 1. The Hall–Kier alpha value is -1.13. The van der Waals surface area contributed by atoms with Gasteiger partial charge < -0.3 is 14.8 Å². The van der Waals surface area contributed by atoms with Crippen LogP contribution in [0.2, 0.25) is 0 Å². The van der Waals surface area contributed by atoms with E-state index in [4.69, 9.17) is 9.47 Å². The summed E-state index contributed by atoms with van der Waals surface area (Å²) >= 11 is 0. The molecule has 3 nitrogen and oxygen atoms in total. The Morgan fingerprint density at radius 3 is 2.76 bits per heavy atom. The van der Waals surface area contributed by atoms with E-state index in [0.717, 1.165) is 18.7 Å². The van der Waals surface area contributed by atoms with Crippen molar-refractivity contribution in [2.45, 2.75) is 13.8 Å². The standard InChI is InChI=1S/C13H20FNO2/c1-3-16-8-6-15-7-9-17-13-10-11(2)4-5-12(13)14/h4-5,10,15H,3,6-9H2,1-2H3. The van der Waals surface area contributed by atoms with Gasteiger partial charge in [0.15, 0.2) is 11.6 Å². The zero-order valence-electron chi connectivity index (χ0n) is 10.5. The molecule has 1 aromatic carbocycles. The molecule has 0 amide bonds. The molecule has 0 radical (unpaired) electrons. The molecule has 0 atom stereocenters. The van der Waals surface area contributed by atoms with E-state index < -0.39 is 0 Å². The van der Waals surface area contributed by atoms with Crippen molar-refractivity contribution in [3.05, 3.63) is 29.6 Å². The maximum Gasteiger partial charge on any atom is 0.165 e. The lowest BCUT2D eigenvalue weighted by Gasteiger charge is -2.09. The molecule has 1 aromatic rings. The predicted molar refractivity (Wildman–Crippen MR) is 66.0 cm³/mol. The van der Waals surface area contributed by atoms with Gasteiger partial charge in [0.25, 0.3) is 0 Å². The largest absolute Gasteiger partial charge is 0.489 e. The molecule has 1 N–H and O–H groups in total. The molecule has 4 heteroatoms. The maximum atomic E-state index is 13.3. The number of nitrogens with one attached hydrogen (secondary N) is 1. The number of benzene rings is 1. The van der Waals surface area contributed by atoms with Gasteiger partial charge in [-0.1, -0.05) is 6.07 Å². The number of hydrogen-bond acceptors (Lipinski definition) is 3. The van der Waals surface area contributed by atoms with Crippen molar-refractivity contribution >= 4 is 0 Å². The first-order chi connectivity index (χ1) is 8.24. The summed E-state index contributed by atoms with van der Waals surface area (Å²) < 4.78 is 23.8. The summed E-state index contributed by atoms with van der Waals surface area (Å²) in [6.07, 6.45) is 0. The van der Waals surface area contributed by atoms with Crippen LogP contribution in [0.4, 0.5) is 4.39 Å². The molecule has 0 aliphatic heterocycles. The van der Waals surface area contributed by atoms with Gasteiger partial charge >= 0.3 is 0 Å². The van der Waals surface area contributed by atoms with Crippen molar-refractivity contribution in [2.24, 2.45) is 0 Å². The first kappa shape index (κ1) is 13.9. The van der Waals surface area contributed by atoms with E-state index in [1.165, 1.54) is 6.07 Å². The zero-order valence-corrected chi connectivity index (χ0v) is 10.5. The number of hydrogen-bond donors (Lipinski definition) is 1. The second-order valence-electron chi connectivity index (χ2n) is 3.73. The Balaban J connectivity index is 2.15. The van der Waals surface area contributed by atoms with Crippen LogP contribution in [0.1, 0.15) is 12.5 Å². The van der Waals surface area contributed by atoms with Crippen LogP contribution < -0.4 is 10.1 Å². The average molecular weight is 241 g/mol. The molecule has 0 saturated heterocycles. The zero-order chi connectivity index (χ0) is 12.5. The topological polar surface area (TPSA) is 30.5 Å². The van der Waals surface area contributed by atoms with Crippen LogP contribution in [0.15, 0.2) is 18.2 Å². The van der Waals surface area contributed by atoms with Crippen LogP contribution in [0, 0.1) is 12.7 Å². The minimum atomic E-state index is -0.315. The fraction of sp³-hybridized carbons (Fsp3) is 0.538. The van der Waals surface area contributed by atoms with Crippen molar-refractivity contribution in [3.8, 4) is 5.75 Å². The molecule has 96 valence electrons. The van der Waals surface area contributed by atoms with Crippen LogP contribution in [0.5, 0.6) is 5.75 Å². The van der Waals surface area contributed by atoms with Crippen molar-refractivity contribution in [1.29, 1.82) is 0 Å². The van der Waals surface area contributed by atoms with Crippen LogP contribution in [-0.4, -0.2) is 32.9 Å². The Morgan fingerprint density at radius 2 is 2.00 bits per heavy atom. The van der Waals surface area contributed by atoms with E-state index in [0.29, 0.717) is 25.5 Å². The first-order valence-corrected chi connectivity index (χ1v) is 5.91. The van der Waals surface area contributed by atoms with Crippen molar-refractivity contribution in [2.75, 3.05) is 32.9 Å². The SMILES string of the molecule is CCOCCNCCOc1cc(C)ccc1F. The Bertz CT molecular complexity index is 331. The predicted octanol–water partition coefficient (Wildman–Crippen LogP) is 2.14. The molecule has 0 spiro atoms. The average Bonchev–Trinajstić information content (AvgIpc) is 2.32. The Labute approximate surface area is 102 Å². The molecule has 0 unspecified atom stereocenters. The quantitative estimate of drug-likeness (QED) is 0.707. The maximum absolute atomic E-state index is 13.3. The van der Waals surface area contributed by atoms with Gasteiger partial charge in [-0.2, -0.15) is 0 Å². The molecule has 0 aliphatic rings. The highest BCUT2D eigenvalue weighted by Gasteiger charge is 2.02. The lowest BCUT2D eigenvalue weighted by Crippen LogP contribution is -2.25. The molecular weight excluding hydrogens is 221 g/mol. The minimum absolute atomic E-state index is 0.315. The molecule has 17 heavy (non-hydrogen) atoms. The van der Waals surface area contributed by atoms with Crippen molar-refractivity contribution < 1.29 is 13.9 Å². The second kappa shape index (κ2) is 8.03. The molecule has 0 fully saturated rings. The summed E-state index contributed by atoms with van der Waals surface area (Å²) in [5.74, 6) is 0.00141. The van der Waals surface area contributed by atoms with E-state index in [9.17, 15) is 4.39 Å². The summed E-state index contributed by atoms with van der Waals surface area (Å²) in [6.45, 7) is 7.21. The van der Waals surface area contributed by atoms with Gasteiger partial charge in [0, 0.05) is 19.7 Å². The fourth-order valence-corrected chi connectivity index (χ4v) is 1.37. The normalized spacial score (nSPS) is 10.5. The van der Waals surface area contributed by atoms with Crippen molar-refractivity contribution in [1.82, 2.24) is 5.32 Å². The molecule has 0 aromatic heterocycles. The molecule has 0 saturated carbocycles. The Morgan fingerprint density at radius 1 is 1.24 bits per heavy atom. The molecule has 0 heterocycles. The third-order valence-corrected chi connectivity index (χ3v) is 2.25. The third kappa shape index (κ3) is 5.65. The van der Waals surface area contributed by atoms with Gasteiger partial charge in [-0.15, -0.1) is 0 Å². The number of rotatable bonds is 8. The van der Waals surface area contributed by atoms with Gasteiger partial charge in [0.2, 0.25) is 0 Å². The molecule has 0 aliphatic carbocycles. The van der Waals surface area contributed by atoms with Gasteiger partial charge in [-0.05, 0) is 31.5 Å². The van der Waals surface area contributed by atoms with E-state index in [2.05, 4.69) is 5.32 Å². The monoisotopic (exact) mass is 241 g/mol. The van der Waals surface area contributed by atoms with E-state index in [1.807, 2.05) is 13.8 Å². The first-order valence-electron chi connectivity index (χ1n) is 5.91. The van der Waals surface area contributed by atoms with Crippen LogP contribution >= 0.6 is 0 Å². The van der Waals surface area contributed by atoms with Crippen molar-refractivity contribution in [3.63, 3.8) is 0 Å². The molecule has 0 bridgehead atoms. The van der Waals surface area contributed by atoms with Gasteiger partial charge in [0.1, 0.15) is 6.61 Å². The third-order valence-electron chi connectivity index (χ3n) is 2.25. The summed E-state index contributed by atoms with van der Waals surface area (Å²) in [4.78, 5) is 0. The summed E-state index contributed by atoms with van der Waals surface area (Å²) in [5, 5.41) is 3.15. The fourth-order valence-electron chi connectivity index (χ4n) is 1.37. The van der Waals surface area contributed by atoms with E-state index >= 15 is 0 Å². The summed E-state index contributed by atoms with van der Waals surface area (Å²) in [7, 11) is 0. The highest BCUT2D eigenvalue weighted by atomic mass is 19.1. The van der Waals surface area contributed by atoms with E-state index in [-0.39, 0.29) is 5.82 Å². The minimum Gasteiger partial charge on any atom is -0.489 e. The van der Waals surface area contributed by atoms with Crippen LogP contribution in [0.25, 0.3) is 0 Å². The highest BCUT2D eigenvalue weighted by molar-refractivity contribution is 5.29. The highest BCUT2D eigenvalue weighted by Crippen LogP contribution is 2.17. The lowest BCUT2D eigenvalue weighted by molar-refractivity contribution is 0.148.